The molecular formula is C16H18ClN3S2. The van der Waals surface area contributed by atoms with E-state index in [9.17, 15) is 0 Å². The van der Waals surface area contributed by atoms with Gasteiger partial charge in [0.2, 0.25) is 0 Å². The van der Waals surface area contributed by atoms with Gasteiger partial charge in [0.15, 0.2) is 5.11 Å². The molecule has 0 spiro atoms. The summed E-state index contributed by atoms with van der Waals surface area (Å²) in [7, 11) is 0. The second kappa shape index (κ2) is 8.88. The number of hydrogen-bond acceptors (Lipinski definition) is 3. The van der Waals surface area contributed by atoms with E-state index < -0.39 is 0 Å². The van der Waals surface area contributed by atoms with Crippen LogP contribution in [0.25, 0.3) is 0 Å². The van der Waals surface area contributed by atoms with E-state index in [1.54, 1.807) is 11.8 Å². The highest BCUT2D eigenvalue weighted by molar-refractivity contribution is 7.99. The molecule has 0 atom stereocenters. The molecule has 0 aliphatic heterocycles. The summed E-state index contributed by atoms with van der Waals surface area (Å²) in [6.07, 6.45) is 0. The third-order valence-electron chi connectivity index (χ3n) is 2.81. The molecule has 2 rings (SSSR count). The van der Waals surface area contributed by atoms with E-state index in [0.717, 1.165) is 23.0 Å². The van der Waals surface area contributed by atoms with Gasteiger partial charge in [-0.2, -0.15) is 0 Å². The number of thiocarbonyl (C=S) groups is 1. The van der Waals surface area contributed by atoms with E-state index in [0.29, 0.717) is 5.11 Å². The Hall–Kier alpha value is -1.43. The number of rotatable bonds is 6. The number of anilines is 1. The number of aryl methyl sites for hydroxylation is 1. The van der Waals surface area contributed by atoms with Gasteiger partial charge in [0, 0.05) is 22.2 Å². The summed E-state index contributed by atoms with van der Waals surface area (Å²) < 4.78 is 0. The van der Waals surface area contributed by atoms with E-state index >= 15 is 0 Å². The summed E-state index contributed by atoms with van der Waals surface area (Å²) in [6, 6.07) is 15.9. The van der Waals surface area contributed by atoms with Crippen molar-refractivity contribution in [3.8, 4) is 0 Å². The van der Waals surface area contributed by atoms with E-state index in [1.807, 2.05) is 42.5 Å². The highest BCUT2D eigenvalue weighted by Gasteiger charge is 1.97. The van der Waals surface area contributed by atoms with Crippen molar-refractivity contribution in [1.29, 1.82) is 0 Å². The molecule has 0 radical (unpaired) electrons. The second-order valence-corrected chi connectivity index (χ2v) is 6.69. The lowest BCUT2D eigenvalue weighted by atomic mass is 10.2. The molecule has 0 unspecified atom stereocenters. The van der Waals surface area contributed by atoms with Crippen LogP contribution >= 0.6 is 35.6 Å². The molecule has 0 fully saturated rings. The Morgan fingerprint density at radius 3 is 2.68 bits per heavy atom. The van der Waals surface area contributed by atoms with E-state index in [4.69, 9.17) is 23.8 Å². The highest BCUT2D eigenvalue weighted by Crippen LogP contribution is 2.19. The number of benzene rings is 2. The molecule has 2 aromatic carbocycles. The quantitative estimate of drug-likeness (QED) is 0.314. The minimum atomic E-state index is 0.582. The van der Waals surface area contributed by atoms with Crippen LogP contribution in [0.2, 0.25) is 5.02 Å². The Labute approximate surface area is 145 Å². The third-order valence-corrected chi connectivity index (χ3v) is 4.32. The number of hydrogen-bond donors (Lipinski definition) is 3. The van der Waals surface area contributed by atoms with Crippen LogP contribution in [0, 0.1) is 6.92 Å². The summed E-state index contributed by atoms with van der Waals surface area (Å²) in [4.78, 5) is 1.20. The average Bonchev–Trinajstić information content (AvgIpc) is 2.51. The zero-order valence-corrected chi connectivity index (χ0v) is 14.6. The van der Waals surface area contributed by atoms with Crippen LogP contribution in [0.4, 0.5) is 5.69 Å². The van der Waals surface area contributed by atoms with Gasteiger partial charge >= 0.3 is 0 Å². The largest absolute Gasteiger partial charge is 0.361 e. The maximum atomic E-state index is 5.86. The van der Waals surface area contributed by atoms with E-state index in [1.165, 1.54) is 10.5 Å². The van der Waals surface area contributed by atoms with Crippen molar-refractivity contribution in [2.24, 2.45) is 0 Å². The average molecular weight is 352 g/mol. The van der Waals surface area contributed by atoms with Crippen molar-refractivity contribution in [2.45, 2.75) is 11.8 Å². The van der Waals surface area contributed by atoms with Crippen LogP contribution in [-0.2, 0) is 0 Å². The molecule has 0 aliphatic rings. The predicted molar refractivity (Wildman–Crippen MR) is 101 cm³/mol. The first kappa shape index (κ1) is 16.9. The van der Waals surface area contributed by atoms with Crippen LogP contribution in [0.1, 0.15) is 5.56 Å². The summed E-state index contributed by atoms with van der Waals surface area (Å²) in [5.41, 5.74) is 8.24. The lowest BCUT2D eigenvalue weighted by Crippen LogP contribution is -2.39. The van der Waals surface area contributed by atoms with E-state index in [-0.39, 0.29) is 0 Å². The maximum absolute atomic E-state index is 5.86. The van der Waals surface area contributed by atoms with Crippen molar-refractivity contribution in [3.05, 3.63) is 59.1 Å². The van der Waals surface area contributed by atoms with Gasteiger partial charge in [-0.05, 0) is 61.1 Å². The van der Waals surface area contributed by atoms with Crippen molar-refractivity contribution in [2.75, 3.05) is 17.7 Å². The minimum absolute atomic E-state index is 0.582. The third kappa shape index (κ3) is 6.13. The van der Waals surface area contributed by atoms with Crippen LogP contribution in [0.15, 0.2) is 53.4 Å². The van der Waals surface area contributed by atoms with Gasteiger partial charge in [-0.15, -0.1) is 11.8 Å². The topological polar surface area (TPSA) is 36.1 Å². The van der Waals surface area contributed by atoms with Crippen LogP contribution < -0.4 is 16.2 Å². The molecule has 0 bridgehead atoms. The lowest BCUT2D eigenvalue weighted by molar-refractivity contribution is 0.935. The van der Waals surface area contributed by atoms with Gasteiger partial charge in [-0.1, -0.05) is 23.7 Å². The fourth-order valence-corrected chi connectivity index (χ4v) is 2.81. The fourth-order valence-electron chi connectivity index (χ4n) is 1.76. The molecule has 0 saturated carbocycles. The lowest BCUT2D eigenvalue weighted by Gasteiger charge is -2.12. The Kier molecular flexibility index (Phi) is 6.83. The Balaban J connectivity index is 1.62. The van der Waals surface area contributed by atoms with Gasteiger partial charge in [0.05, 0.1) is 5.69 Å². The van der Waals surface area contributed by atoms with Gasteiger partial charge < -0.3 is 5.32 Å². The second-order valence-electron chi connectivity index (χ2n) is 4.68. The molecule has 0 amide bonds. The van der Waals surface area contributed by atoms with Gasteiger partial charge in [-0.25, -0.2) is 0 Å². The first-order chi connectivity index (χ1) is 10.6. The normalized spacial score (nSPS) is 10.1. The fraction of sp³-hybridized carbons (Fsp3) is 0.188. The molecule has 22 heavy (non-hydrogen) atoms. The minimum Gasteiger partial charge on any atom is -0.361 e. The number of thioether (sulfide) groups is 1. The van der Waals surface area contributed by atoms with Crippen molar-refractivity contribution >= 4 is 46.4 Å². The smallest absolute Gasteiger partial charge is 0.185 e. The maximum Gasteiger partial charge on any atom is 0.185 e. The van der Waals surface area contributed by atoms with Crippen molar-refractivity contribution in [1.82, 2.24) is 10.7 Å². The molecule has 0 heterocycles. The summed E-state index contributed by atoms with van der Waals surface area (Å²) >= 11 is 12.8. The molecule has 3 nitrogen and oxygen atoms in total. The first-order valence-corrected chi connectivity index (χ1v) is 8.65. The monoisotopic (exact) mass is 351 g/mol. The van der Waals surface area contributed by atoms with Crippen LogP contribution in [0.3, 0.4) is 0 Å². The molecule has 0 saturated heterocycles. The number of hydrazine groups is 1. The zero-order valence-electron chi connectivity index (χ0n) is 12.2. The summed E-state index contributed by atoms with van der Waals surface area (Å²) in [5.74, 6) is 0.925. The summed E-state index contributed by atoms with van der Waals surface area (Å²) in [5, 5.41) is 4.50. The Morgan fingerprint density at radius 1 is 1.18 bits per heavy atom. The highest BCUT2D eigenvalue weighted by atomic mass is 35.5. The number of nitrogens with one attached hydrogen (secondary N) is 3. The zero-order chi connectivity index (χ0) is 15.8. The molecule has 3 N–H and O–H groups in total. The molecule has 0 aliphatic carbocycles. The first-order valence-electron chi connectivity index (χ1n) is 6.88. The molecular weight excluding hydrogens is 334 g/mol. The standard InChI is InChI=1S/C16H18ClN3S2/c1-12-3-2-4-14(11-12)19-20-16(21)18-9-10-22-15-7-5-13(17)6-8-15/h2-8,11,19H,9-10H2,1H3,(H2,18,20,21). The van der Waals surface area contributed by atoms with Crippen LogP contribution in [0.5, 0.6) is 0 Å². The van der Waals surface area contributed by atoms with Crippen LogP contribution in [-0.4, -0.2) is 17.4 Å². The van der Waals surface area contributed by atoms with Crippen molar-refractivity contribution < 1.29 is 0 Å². The van der Waals surface area contributed by atoms with E-state index in [2.05, 4.69) is 29.2 Å². The van der Waals surface area contributed by atoms with Gasteiger partial charge in [-0.3, -0.25) is 10.9 Å². The Bertz CT molecular complexity index is 617. The SMILES string of the molecule is Cc1cccc(NNC(=S)NCCSc2ccc(Cl)cc2)c1. The van der Waals surface area contributed by atoms with Gasteiger partial charge in [0.1, 0.15) is 0 Å². The van der Waals surface area contributed by atoms with Crippen molar-refractivity contribution in [3.63, 3.8) is 0 Å². The summed E-state index contributed by atoms with van der Waals surface area (Å²) in [6.45, 7) is 2.84. The van der Waals surface area contributed by atoms with Gasteiger partial charge in [0.25, 0.3) is 0 Å². The molecule has 2 aromatic rings. The molecule has 116 valence electrons. The number of halogens is 1. The predicted octanol–water partition coefficient (Wildman–Crippen LogP) is 4.23. The Morgan fingerprint density at radius 2 is 1.95 bits per heavy atom. The molecule has 6 heteroatoms. The molecule has 0 aromatic heterocycles.